The minimum absolute atomic E-state index is 0.0837. The Morgan fingerprint density at radius 1 is 1.12 bits per heavy atom. The van der Waals surface area contributed by atoms with E-state index in [1.807, 2.05) is 37.6 Å². The normalized spacial score (nSPS) is 15.2. The van der Waals surface area contributed by atoms with Gasteiger partial charge < -0.3 is 14.4 Å². The van der Waals surface area contributed by atoms with Crippen LogP contribution in [0.1, 0.15) is 87.8 Å². The molecule has 0 unspecified atom stereocenters. The minimum Gasteiger partial charge on any atom is -0.462 e. The fraction of sp³-hybridized carbons (Fsp3) is 0.560. The Morgan fingerprint density at radius 2 is 1.75 bits per heavy atom. The predicted molar refractivity (Wildman–Crippen MR) is 123 cm³/mol. The van der Waals surface area contributed by atoms with E-state index in [1.165, 1.54) is 5.56 Å². The molecule has 174 valence electrons. The van der Waals surface area contributed by atoms with Crippen LogP contribution in [0, 0.1) is 0 Å². The average Bonchev–Trinajstić information content (AvgIpc) is 3.18. The number of hydrogen-bond donors (Lipinski definition) is 0. The molecule has 2 heterocycles. The van der Waals surface area contributed by atoms with Gasteiger partial charge in [-0.3, -0.25) is 0 Å². The van der Waals surface area contributed by atoms with Crippen LogP contribution in [0.4, 0.5) is 4.79 Å². The van der Waals surface area contributed by atoms with E-state index in [0.29, 0.717) is 31.2 Å². The van der Waals surface area contributed by atoms with Gasteiger partial charge in [0.05, 0.1) is 24.2 Å². The van der Waals surface area contributed by atoms with Crippen LogP contribution in [0.5, 0.6) is 0 Å². The van der Waals surface area contributed by atoms with Gasteiger partial charge in [-0.1, -0.05) is 26.0 Å². The molecule has 0 spiro atoms. The summed E-state index contributed by atoms with van der Waals surface area (Å²) in [6, 6.07) is 8.27. The second-order valence-corrected chi connectivity index (χ2v) is 9.56. The van der Waals surface area contributed by atoms with Crippen LogP contribution in [-0.2, 0) is 9.47 Å². The van der Waals surface area contributed by atoms with E-state index in [4.69, 9.17) is 9.47 Å². The highest BCUT2D eigenvalue weighted by Gasteiger charge is 2.32. The summed E-state index contributed by atoms with van der Waals surface area (Å²) in [5, 5.41) is 4.55. The predicted octanol–water partition coefficient (Wildman–Crippen LogP) is 5.29. The Labute approximate surface area is 190 Å². The number of likely N-dealkylation sites (tertiary alicyclic amines) is 1. The van der Waals surface area contributed by atoms with Gasteiger partial charge in [-0.2, -0.15) is 5.10 Å². The molecular formula is C25H35N3O4. The van der Waals surface area contributed by atoms with Gasteiger partial charge in [0, 0.05) is 19.0 Å². The number of ether oxygens (including phenoxy) is 2. The van der Waals surface area contributed by atoms with Crippen LogP contribution >= 0.6 is 0 Å². The summed E-state index contributed by atoms with van der Waals surface area (Å²) < 4.78 is 12.7. The molecule has 1 aliphatic heterocycles. The van der Waals surface area contributed by atoms with Crippen LogP contribution in [-0.4, -0.2) is 52.0 Å². The fourth-order valence-electron chi connectivity index (χ4n) is 3.99. The maximum absolute atomic E-state index is 12.7. The average molecular weight is 442 g/mol. The van der Waals surface area contributed by atoms with Crippen molar-refractivity contribution in [3.8, 4) is 5.69 Å². The van der Waals surface area contributed by atoms with E-state index in [1.54, 1.807) is 18.0 Å². The maximum atomic E-state index is 12.7. The molecule has 32 heavy (non-hydrogen) atoms. The number of aromatic nitrogens is 2. The van der Waals surface area contributed by atoms with Gasteiger partial charge in [-0.05, 0) is 64.2 Å². The van der Waals surface area contributed by atoms with Crippen LogP contribution in [0.3, 0.4) is 0 Å². The number of rotatable bonds is 5. The molecule has 1 aliphatic rings. The van der Waals surface area contributed by atoms with E-state index < -0.39 is 5.60 Å². The summed E-state index contributed by atoms with van der Waals surface area (Å²) >= 11 is 0. The monoisotopic (exact) mass is 441 g/mol. The topological polar surface area (TPSA) is 73.7 Å². The van der Waals surface area contributed by atoms with Crippen molar-refractivity contribution in [3.63, 3.8) is 0 Å². The highest BCUT2D eigenvalue weighted by Crippen LogP contribution is 2.33. The van der Waals surface area contributed by atoms with E-state index in [0.717, 1.165) is 24.2 Å². The molecule has 0 atom stereocenters. The largest absolute Gasteiger partial charge is 0.462 e. The molecule has 1 fully saturated rings. The van der Waals surface area contributed by atoms with Crippen molar-refractivity contribution in [2.75, 3.05) is 19.7 Å². The molecule has 1 aromatic heterocycles. The number of benzene rings is 1. The molecule has 1 aromatic carbocycles. The van der Waals surface area contributed by atoms with Gasteiger partial charge >= 0.3 is 12.1 Å². The molecule has 0 saturated carbocycles. The summed E-state index contributed by atoms with van der Waals surface area (Å²) in [4.78, 5) is 26.9. The molecule has 2 aromatic rings. The number of carbonyl (C=O) groups is 2. The van der Waals surface area contributed by atoms with E-state index >= 15 is 0 Å². The van der Waals surface area contributed by atoms with E-state index in [2.05, 4.69) is 31.1 Å². The van der Waals surface area contributed by atoms with E-state index in [-0.39, 0.29) is 18.0 Å². The molecule has 7 heteroatoms. The van der Waals surface area contributed by atoms with Crippen molar-refractivity contribution in [1.82, 2.24) is 14.7 Å². The summed E-state index contributed by atoms with van der Waals surface area (Å²) in [6.07, 6.45) is 2.76. The Kier molecular flexibility index (Phi) is 7.26. The van der Waals surface area contributed by atoms with Gasteiger partial charge in [0.2, 0.25) is 0 Å². The van der Waals surface area contributed by atoms with Crippen LogP contribution in [0.2, 0.25) is 0 Å². The molecule has 0 radical (unpaired) electrons. The number of piperidine rings is 1. The van der Waals surface area contributed by atoms with Crippen LogP contribution < -0.4 is 0 Å². The third kappa shape index (κ3) is 5.50. The lowest BCUT2D eigenvalue weighted by molar-refractivity contribution is 0.0202. The number of carbonyl (C=O) groups excluding carboxylic acids is 2. The lowest BCUT2D eigenvalue weighted by Crippen LogP contribution is -2.41. The highest BCUT2D eigenvalue weighted by atomic mass is 16.6. The molecule has 7 nitrogen and oxygen atoms in total. The molecular weight excluding hydrogens is 406 g/mol. The van der Waals surface area contributed by atoms with Crippen LogP contribution in [0.15, 0.2) is 30.5 Å². The molecule has 0 bridgehead atoms. The second-order valence-electron chi connectivity index (χ2n) is 9.56. The van der Waals surface area contributed by atoms with Gasteiger partial charge in [-0.15, -0.1) is 0 Å². The highest BCUT2D eigenvalue weighted by molar-refractivity contribution is 5.90. The molecule has 3 rings (SSSR count). The zero-order chi connectivity index (χ0) is 23.5. The first kappa shape index (κ1) is 23.8. The SMILES string of the molecule is CCOC(=O)c1cnn(-c2ccc(C(C)C)cc2)c1C1CCN(C(=O)OC(C)(C)C)CC1. The second kappa shape index (κ2) is 9.76. The minimum atomic E-state index is -0.522. The first-order valence-corrected chi connectivity index (χ1v) is 11.4. The van der Waals surface area contributed by atoms with Gasteiger partial charge in [0.1, 0.15) is 11.2 Å². The number of nitrogens with zero attached hydrogens (tertiary/aromatic N) is 3. The Bertz CT molecular complexity index is 933. The number of amides is 1. The van der Waals surface area contributed by atoms with Crippen molar-refractivity contribution < 1.29 is 19.1 Å². The molecule has 0 aliphatic carbocycles. The molecule has 1 saturated heterocycles. The molecule has 0 N–H and O–H groups in total. The van der Waals surface area contributed by atoms with Crippen molar-refractivity contribution >= 4 is 12.1 Å². The Balaban J connectivity index is 1.87. The molecule has 1 amide bonds. The summed E-state index contributed by atoms with van der Waals surface area (Å²) in [6.45, 7) is 13.2. The third-order valence-corrected chi connectivity index (χ3v) is 5.64. The third-order valence-electron chi connectivity index (χ3n) is 5.64. The first-order chi connectivity index (χ1) is 15.1. The maximum Gasteiger partial charge on any atom is 0.410 e. The summed E-state index contributed by atoms with van der Waals surface area (Å²) in [5.41, 5.74) is 2.99. The quantitative estimate of drug-likeness (QED) is 0.590. The van der Waals surface area contributed by atoms with Crippen molar-refractivity contribution in [1.29, 1.82) is 0 Å². The summed E-state index contributed by atoms with van der Waals surface area (Å²) in [5.74, 6) is 0.163. The number of esters is 1. The smallest absolute Gasteiger partial charge is 0.410 e. The summed E-state index contributed by atoms with van der Waals surface area (Å²) in [7, 11) is 0. The first-order valence-electron chi connectivity index (χ1n) is 11.4. The fourth-order valence-corrected chi connectivity index (χ4v) is 3.99. The number of hydrogen-bond acceptors (Lipinski definition) is 5. The zero-order valence-electron chi connectivity index (χ0n) is 20.1. The van der Waals surface area contributed by atoms with Gasteiger partial charge in [0.25, 0.3) is 0 Å². The lowest BCUT2D eigenvalue weighted by Gasteiger charge is -2.33. The standard InChI is InChI=1S/C25H35N3O4/c1-7-31-23(29)21-16-26-28(20-10-8-18(9-11-20)17(2)3)22(21)19-12-14-27(15-13-19)24(30)32-25(4,5)6/h8-11,16-17,19H,7,12-15H2,1-6H3. The van der Waals surface area contributed by atoms with Gasteiger partial charge in [0.15, 0.2) is 0 Å². The van der Waals surface area contributed by atoms with Crippen molar-refractivity contribution in [2.45, 2.75) is 71.8 Å². The van der Waals surface area contributed by atoms with Crippen molar-refractivity contribution in [3.05, 3.63) is 47.3 Å². The Hall–Kier alpha value is -2.83. The van der Waals surface area contributed by atoms with Crippen molar-refractivity contribution in [2.24, 2.45) is 0 Å². The lowest BCUT2D eigenvalue weighted by atomic mass is 9.91. The van der Waals surface area contributed by atoms with E-state index in [9.17, 15) is 9.59 Å². The van der Waals surface area contributed by atoms with Crippen LogP contribution in [0.25, 0.3) is 5.69 Å². The Morgan fingerprint density at radius 3 is 2.28 bits per heavy atom. The zero-order valence-corrected chi connectivity index (χ0v) is 20.1. The van der Waals surface area contributed by atoms with Gasteiger partial charge in [-0.25, -0.2) is 14.3 Å².